The molecule has 0 radical (unpaired) electrons. The third-order valence-corrected chi connectivity index (χ3v) is 5.53. The van der Waals surface area contributed by atoms with Gasteiger partial charge in [0.2, 0.25) is 5.91 Å². The van der Waals surface area contributed by atoms with E-state index in [2.05, 4.69) is 5.32 Å². The summed E-state index contributed by atoms with van der Waals surface area (Å²) in [6, 6.07) is 11.4. The summed E-state index contributed by atoms with van der Waals surface area (Å²) in [5, 5.41) is 3.47. The van der Waals surface area contributed by atoms with Gasteiger partial charge in [0, 0.05) is 36.2 Å². The van der Waals surface area contributed by atoms with Crippen LogP contribution in [0.5, 0.6) is 0 Å². The number of nitrogens with zero attached hydrogens (tertiary/aromatic N) is 1. The molecule has 0 aliphatic carbocycles. The predicted molar refractivity (Wildman–Crippen MR) is 114 cm³/mol. The first-order valence-electron chi connectivity index (χ1n) is 8.62. The van der Waals surface area contributed by atoms with Crippen LogP contribution in [0.25, 0.3) is 17.0 Å². The number of amides is 2. The van der Waals surface area contributed by atoms with Crippen molar-refractivity contribution in [1.29, 1.82) is 0 Å². The van der Waals surface area contributed by atoms with Gasteiger partial charge in [-0.1, -0.05) is 24.0 Å². The van der Waals surface area contributed by atoms with Crippen molar-refractivity contribution in [3.05, 3.63) is 69.8 Å². The molecule has 1 fully saturated rings. The maximum atomic E-state index is 12.5. The summed E-state index contributed by atoms with van der Waals surface area (Å²) in [5.41, 5.74) is 0.578. The van der Waals surface area contributed by atoms with Crippen molar-refractivity contribution in [3.63, 3.8) is 0 Å². The van der Waals surface area contributed by atoms with E-state index in [0.29, 0.717) is 31.6 Å². The second-order valence-corrected chi connectivity index (χ2v) is 7.83. The molecule has 4 rings (SSSR count). The highest BCUT2D eigenvalue weighted by atomic mass is 32.2. The van der Waals surface area contributed by atoms with Crippen LogP contribution in [0.2, 0.25) is 0 Å². The Morgan fingerprint density at radius 3 is 2.86 bits per heavy atom. The quantitative estimate of drug-likeness (QED) is 0.378. The van der Waals surface area contributed by atoms with E-state index in [9.17, 15) is 14.4 Å². The van der Waals surface area contributed by atoms with E-state index in [0.717, 1.165) is 0 Å². The molecule has 9 heteroatoms. The monoisotopic (exact) mass is 426 g/mol. The highest BCUT2D eigenvalue weighted by Gasteiger charge is 2.32. The molecule has 0 spiro atoms. The Kier molecular flexibility index (Phi) is 5.32. The minimum atomic E-state index is -0.432. The number of furan rings is 1. The molecule has 0 unspecified atom stereocenters. The zero-order chi connectivity index (χ0) is 20.4. The molecule has 0 atom stereocenters. The number of carbonyl (C=O) groups excluding carboxylic acids is 2. The summed E-state index contributed by atoms with van der Waals surface area (Å²) in [4.78, 5) is 37.9. The SMILES string of the molecule is O=C(CCN1C(=O)/C(=C\c2ccco2)SC1=S)Nc1ccc2oc(=O)ccc2c1. The van der Waals surface area contributed by atoms with E-state index in [-0.39, 0.29) is 24.8 Å². The lowest BCUT2D eigenvalue weighted by Gasteiger charge is -2.14. The molecule has 0 saturated carbocycles. The average Bonchev–Trinajstić information content (AvgIpc) is 3.29. The maximum Gasteiger partial charge on any atom is 0.336 e. The van der Waals surface area contributed by atoms with Crippen molar-refractivity contribution in [2.45, 2.75) is 6.42 Å². The second kappa shape index (κ2) is 8.06. The molecule has 1 saturated heterocycles. The number of carbonyl (C=O) groups is 2. The van der Waals surface area contributed by atoms with Gasteiger partial charge in [-0.05, 0) is 36.4 Å². The fourth-order valence-corrected chi connectivity index (χ4v) is 4.07. The van der Waals surface area contributed by atoms with Gasteiger partial charge < -0.3 is 14.2 Å². The molecule has 2 amide bonds. The van der Waals surface area contributed by atoms with Crippen LogP contribution in [0.4, 0.5) is 5.69 Å². The van der Waals surface area contributed by atoms with Gasteiger partial charge in [-0.25, -0.2) is 4.79 Å². The first-order valence-corrected chi connectivity index (χ1v) is 9.85. The molecule has 3 heterocycles. The summed E-state index contributed by atoms with van der Waals surface area (Å²) in [6.45, 7) is 0.175. The van der Waals surface area contributed by atoms with E-state index < -0.39 is 5.63 Å². The zero-order valence-electron chi connectivity index (χ0n) is 14.9. The minimum Gasteiger partial charge on any atom is -0.465 e. The molecular formula is C20H14N2O5S2. The Labute approximate surface area is 174 Å². The lowest BCUT2D eigenvalue weighted by Crippen LogP contribution is -2.31. The van der Waals surface area contributed by atoms with Crippen molar-refractivity contribution in [1.82, 2.24) is 4.90 Å². The van der Waals surface area contributed by atoms with Crippen molar-refractivity contribution in [2.24, 2.45) is 0 Å². The van der Waals surface area contributed by atoms with Gasteiger partial charge in [0.25, 0.3) is 5.91 Å². The number of benzene rings is 1. The Hall–Kier alpha value is -3.17. The lowest BCUT2D eigenvalue weighted by molar-refractivity contribution is -0.122. The molecule has 1 N–H and O–H groups in total. The number of thiocarbonyl (C=S) groups is 1. The Morgan fingerprint density at radius 2 is 2.07 bits per heavy atom. The molecule has 2 aromatic heterocycles. The number of anilines is 1. The molecule has 146 valence electrons. The highest BCUT2D eigenvalue weighted by molar-refractivity contribution is 8.26. The summed E-state index contributed by atoms with van der Waals surface area (Å²) >= 11 is 6.44. The van der Waals surface area contributed by atoms with Crippen LogP contribution in [0.15, 0.2) is 67.3 Å². The number of rotatable bonds is 5. The van der Waals surface area contributed by atoms with Gasteiger partial charge in [0.15, 0.2) is 0 Å². The highest BCUT2D eigenvalue weighted by Crippen LogP contribution is 2.32. The molecule has 0 bridgehead atoms. The Morgan fingerprint density at radius 1 is 1.21 bits per heavy atom. The second-order valence-electron chi connectivity index (χ2n) is 6.15. The molecular weight excluding hydrogens is 412 g/mol. The van der Waals surface area contributed by atoms with Gasteiger partial charge in [0.1, 0.15) is 15.7 Å². The van der Waals surface area contributed by atoms with Crippen molar-refractivity contribution >= 4 is 62.8 Å². The average molecular weight is 426 g/mol. The number of hydrogen-bond donors (Lipinski definition) is 1. The van der Waals surface area contributed by atoms with Gasteiger partial charge in [-0.15, -0.1) is 0 Å². The van der Waals surface area contributed by atoms with Gasteiger partial charge >= 0.3 is 5.63 Å². The maximum absolute atomic E-state index is 12.5. The molecule has 29 heavy (non-hydrogen) atoms. The summed E-state index contributed by atoms with van der Waals surface area (Å²) < 4.78 is 10.7. The topological polar surface area (TPSA) is 92.8 Å². The standard InChI is InChI=1S/C20H14N2O5S2/c23-17(21-13-4-5-15-12(10-13)3-6-18(24)27-15)7-8-22-19(25)16(29-20(22)28)11-14-2-1-9-26-14/h1-6,9-11H,7-8H2,(H,21,23)/b16-11+. The first-order chi connectivity index (χ1) is 14.0. The molecule has 1 aliphatic heterocycles. The van der Waals surface area contributed by atoms with Crippen molar-refractivity contribution in [3.8, 4) is 0 Å². The van der Waals surface area contributed by atoms with Crippen LogP contribution in [-0.4, -0.2) is 27.6 Å². The fraction of sp³-hybridized carbons (Fsp3) is 0.100. The molecule has 1 aliphatic rings. The first kappa shape index (κ1) is 19.2. The van der Waals surface area contributed by atoms with E-state index in [1.807, 2.05) is 0 Å². The van der Waals surface area contributed by atoms with E-state index in [1.165, 1.54) is 29.0 Å². The minimum absolute atomic E-state index is 0.0857. The third kappa shape index (κ3) is 4.30. The van der Waals surface area contributed by atoms with Crippen molar-refractivity contribution in [2.75, 3.05) is 11.9 Å². The lowest BCUT2D eigenvalue weighted by atomic mass is 10.2. The molecule has 1 aromatic carbocycles. The Balaban J connectivity index is 1.38. The van der Waals surface area contributed by atoms with Crippen molar-refractivity contribution < 1.29 is 18.4 Å². The van der Waals surface area contributed by atoms with E-state index >= 15 is 0 Å². The van der Waals surface area contributed by atoms with Crippen LogP contribution >= 0.6 is 24.0 Å². The Bertz CT molecular complexity index is 1200. The zero-order valence-corrected chi connectivity index (χ0v) is 16.5. The summed E-state index contributed by atoms with van der Waals surface area (Å²) in [7, 11) is 0. The number of thioether (sulfide) groups is 1. The van der Waals surface area contributed by atoms with Crippen LogP contribution in [0, 0.1) is 0 Å². The van der Waals surface area contributed by atoms with E-state index in [4.69, 9.17) is 21.1 Å². The number of hydrogen-bond acceptors (Lipinski definition) is 7. The smallest absolute Gasteiger partial charge is 0.336 e. The van der Waals surface area contributed by atoms with Crippen LogP contribution in [-0.2, 0) is 9.59 Å². The summed E-state index contributed by atoms with van der Waals surface area (Å²) in [5.74, 6) is 0.0612. The van der Waals surface area contributed by atoms with Crippen LogP contribution < -0.4 is 10.9 Å². The normalized spacial score (nSPS) is 15.4. The molecule has 3 aromatic rings. The van der Waals surface area contributed by atoms with Crippen LogP contribution in [0.3, 0.4) is 0 Å². The van der Waals surface area contributed by atoms with Gasteiger partial charge in [-0.3, -0.25) is 14.5 Å². The predicted octanol–water partition coefficient (Wildman–Crippen LogP) is 3.62. The number of nitrogens with one attached hydrogen (secondary N) is 1. The fourth-order valence-electron chi connectivity index (χ4n) is 2.78. The van der Waals surface area contributed by atoms with Crippen LogP contribution in [0.1, 0.15) is 12.2 Å². The van der Waals surface area contributed by atoms with E-state index in [1.54, 1.807) is 42.5 Å². The van der Waals surface area contributed by atoms with Gasteiger partial charge in [0.05, 0.1) is 11.2 Å². The van der Waals surface area contributed by atoms with Gasteiger partial charge in [-0.2, -0.15) is 0 Å². The molecule has 7 nitrogen and oxygen atoms in total. The largest absolute Gasteiger partial charge is 0.465 e. The number of fused-ring (bicyclic) bond motifs is 1. The third-order valence-electron chi connectivity index (χ3n) is 4.16. The summed E-state index contributed by atoms with van der Waals surface area (Å²) in [6.07, 6.45) is 3.24.